The van der Waals surface area contributed by atoms with E-state index in [9.17, 15) is 0 Å². The van der Waals surface area contributed by atoms with Gasteiger partial charge in [0.1, 0.15) is 11.9 Å². The van der Waals surface area contributed by atoms with E-state index in [4.69, 9.17) is 9.47 Å². The predicted octanol–water partition coefficient (Wildman–Crippen LogP) is 5.21. The molecule has 1 aromatic rings. The highest BCUT2D eigenvalue weighted by Crippen LogP contribution is 2.41. The summed E-state index contributed by atoms with van der Waals surface area (Å²) < 4.78 is 13.5. The number of hydrogen-bond donors (Lipinski definition) is 0. The maximum atomic E-state index is 6.29. The molecule has 0 radical (unpaired) electrons. The molecule has 1 aliphatic carbocycles. The van der Waals surface area contributed by atoms with Crippen LogP contribution < -0.4 is 4.74 Å². The molecule has 1 atom stereocenters. The zero-order chi connectivity index (χ0) is 14.0. The van der Waals surface area contributed by atoms with Crippen LogP contribution in [0.4, 0.5) is 0 Å². The van der Waals surface area contributed by atoms with Crippen LogP contribution in [0.3, 0.4) is 0 Å². The highest BCUT2D eigenvalue weighted by atomic mass is 79.9. The molecule has 2 fully saturated rings. The molecule has 0 aromatic heterocycles. The second-order valence-corrected chi connectivity index (χ2v) is 7.33. The minimum absolute atomic E-state index is 0.118. The van der Waals surface area contributed by atoms with Crippen molar-refractivity contribution in [3.63, 3.8) is 0 Å². The summed E-state index contributed by atoms with van der Waals surface area (Å²) in [6, 6.07) is 6.23. The Bertz CT molecular complexity index is 470. The molecule has 2 nitrogen and oxygen atoms in total. The van der Waals surface area contributed by atoms with Crippen molar-refractivity contribution in [3.05, 3.63) is 28.2 Å². The maximum absolute atomic E-state index is 6.29. The summed E-state index contributed by atoms with van der Waals surface area (Å²) >= 11 is 7.06. The van der Waals surface area contributed by atoms with Crippen molar-refractivity contribution in [1.82, 2.24) is 0 Å². The summed E-state index contributed by atoms with van der Waals surface area (Å²) in [6.07, 6.45) is 7.36. The third-order valence-corrected chi connectivity index (χ3v) is 5.52. The zero-order valence-electron chi connectivity index (χ0n) is 11.5. The topological polar surface area (TPSA) is 18.5 Å². The van der Waals surface area contributed by atoms with Gasteiger partial charge in [-0.2, -0.15) is 0 Å². The van der Waals surface area contributed by atoms with E-state index in [-0.39, 0.29) is 5.60 Å². The first kappa shape index (κ1) is 14.9. The van der Waals surface area contributed by atoms with Gasteiger partial charge in [-0.25, -0.2) is 0 Å². The lowest BCUT2D eigenvalue weighted by molar-refractivity contribution is -0.108. The maximum Gasteiger partial charge on any atom is 0.123 e. The van der Waals surface area contributed by atoms with Gasteiger partial charge in [0.25, 0.3) is 0 Å². The molecule has 0 N–H and O–H groups in total. The Balaban J connectivity index is 1.71. The van der Waals surface area contributed by atoms with E-state index < -0.39 is 0 Å². The molecule has 1 spiro atoms. The van der Waals surface area contributed by atoms with Gasteiger partial charge < -0.3 is 9.47 Å². The number of ether oxygens (including phenoxy) is 2. The second kappa shape index (κ2) is 6.37. The zero-order valence-corrected chi connectivity index (χ0v) is 14.7. The van der Waals surface area contributed by atoms with E-state index in [1.165, 1.54) is 31.2 Å². The second-order valence-electron chi connectivity index (χ2n) is 5.86. The molecule has 110 valence electrons. The van der Waals surface area contributed by atoms with Crippen LogP contribution in [0.15, 0.2) is 22.7 Å². The predicted molar refractivity (Wildman–Crippen MR) is 87.6 cm³/mol. The molecular weight excluding hydrogens is 384 g/mol. The number of benzene rings is 1. The number of hydrogen-bond acceptors (Lipinski definition) is 2. The molecule has 2 aliphatic rings. The molecule has 1 aromatic carbocycles. The number of rotatable bonds is 3. The Labute approximate surface area is 137 Å². The molecule has 0 amide bonds. The van der Waals surface area contributed by atoms with Crippen LogP contribution >= 0.6 is 31.9 Å². The molecular formula is C16H20Br2O2. The van der Waals surface area contributed by atoms with Crippen LogP contribution in [-0.2, 0) is 10.1 Å². The summed E-state index contributed by atoms with van der Waals surface area (Å²) in [5.74, 6) is 1.00. The van der Waals surface area contributed by atoms with Gasteiger partial charge in [0.15, 0.2) is 0 Å². The average molecular weight is 404 g/mol. The molecule has 1 heterocycles. The van der Waals surface area contributed by atoms with E-state index >= 15 is 0 Å². The van der Waals surface area contributed by atoms with Crippen molar-refractivity contribution in [3.8, 4) is 5.75 Å². The van der Waals surface area contributed by atoms with E-state index in [1.807, 2.05) is 6.07 Å². The molecule has 1 unspecified atom stereocenters. The molecule has 1 saturated carbocycles. The van der Waals surface area contributed by atoms with Crippen molar-refractivity contribution < 1.29 is 9.47 Å². The van der Waals surface area contributed by atoms with Gasteiger partial charge >= 0.3 is 0 Å². The van der Waals surface area contributed by atoms with Crippen molar-refractivity contribution in [2.24, 2.45) is 0 Å². The van der Waals surface area contributed by atoms with E-state index in [1.54, 1.807) is 0 Å². The molecule has 3 rings (SSSR count). The van der Waals surface area contributed by atoms with Gasteiger partial charge in [0, 0.05) is 28.2 Å². The van der Waals surface area contributed by atoms with Gasteiger partial charge in [-0.15, -0.1) is 0 Å². The number of halogens is 2. The SMILES string of the molecule is BrCc1cc(Br)ccc1OC1CCOC2(CCCC2)C1. The summed E-state index contributed by atoms with van der Waals surface area (Å²) in [5, 5.41) is 0.816. The van der Waals surface area contributed by atoms with E-state index in [0.29, 0.717) is 6.10 Å². The van der Waals surface area contributed by atoms with Gasteiger partial charge in [-0.1, -0.05) is 44.7 Å². The van der Waals surface area contributed by atoms with E-state index in [0.717, 1.165) is 35.0 Å². The molecule has 20 heavy (non-hydrogen) atoms. The summed E-state index contributed by atoms with van der Waals surface area (Å²) in [4.78, 5) is 0. The third kappa shape index (κ3) is 3.23. The van der Waals surface area contributed by atoms with Crippen molar-refractivity contribution in [2.75, 3.05) is 6.61 Å². The molecule has 0 bridgehead atoms. The first-order valence-electron chi connectivity index (χ1n) is 7.36. The first-order valence-corrected chi connectivity index (χ1v) is 9.27. The molecule has 1 saturated heterocycles. The van der Waals surface area contributed by atoms with Crippen LogP contribution in [0.1, 0.15) is 44.1 Å². The Morgan fingerprint density at radius 2 is 2.10 bits per heavy atom. The summed E-state index contributed by atoms with van der Waals surface area (Å²) in [7, 11) is 0. The van der Waals surface area contributed by atoms with Gasteiger partial charge in [0.2, 0.25) is 0 Å². The Morgan fingerprint density at radius 3 is 2.85 bits per heavy atom. The Kier molecular flexibility index (Phi) is 4.73. The lowest BCUT2D eigenvalue weighted by Gasteiger charge is -2.38. The average Bonchev–Trinajstić information content (AvgIpc) is 2.89. The minimum atomic E-state index is 0.118. The van der Waals surface area contributed by atoms with Gasteiger partial charge in [-0.3, -0.25) is 0 Å². The fourth-order valence-corrected chi connectivity index (χ4v) is 4.24. The minimum Gasteiger partial charge on any atom is -0.490 e. The first-order chi connectivity index (χ1) is 9.71. The van der Waals surface area contributed by atoms with E-state index in [2.05, 4.69) is 44.0 Å². The van der Waals surface area contributed by atoms with Crippen molar-refractivity contribution in [2.45, 2.75) is 55.6 Å². The molecule has 1 aliphatic heterocycles. The largest absolute Gasteiger partial charge is 0.490 e. The van der Waals surface area contributed by atoms with Crippen LogP contribution in [-0.4, -0.2) is 18.3 Å². The van der Waals surface area contributed by atoms with Gasteiger partial charge in [0.05, 0.1) is 12.2 Å². The Morgan fingerprint density at radius 1 is 1.30 bits per heavy atom. The highest BCUT2D eigenvalue weighted by Gasteiger charge is 2.40. The monoisotopic (exact) mass is 402 g/mol. The van der Waals surface area contributed by atoms with Gasteiger partial charge in [-0.05, 0) is 31.0 Å². The van der Waals surface area contributed by atoms with Crippen LogP contribution in [0.25, 0.3) is 0 Å². The lowest BCUT2D eigenvalue weighted by atomic mass is 9.90. The normalized spacial score (nSPS) is 25.0. The fraction of sp³-hybridized carbons (Fsp3) is 0.625. The van der Waals surface area contributed by atoms with Crippen molar-refractivity contribution >= 4 is 31.9 Å². The standard InChI is InChI=1S/C16H20Br2O2/c17-11-12-9-13(18)3-4-15(12)20-14-5-8-19-16(10-14)6-1-2-7-16/h3-4,9,14H,1-2,5-8,10-11H2. The number of alkyl halides is 1. The van der Waals surface area contributed by atoms with Crippen LogP contribution in [0, 0.1) is 0 Å². The fourth-order valence-electron chi connectivity index (χ4n) is 3.40. The summed E-state index contributed by atoms with van der Waals surface area (Å²) in [5.41, 5.74) is 1.32. The highest BCUT2D eigenvalue weighted by molar-refractivity contribution is 9.10. The lowest BCUT2D eigenvalue weighted by Crippen LogP contribution is -2.41. The quantitative estimate of drug-likeness (QED) is 0.644. The summed E-state index contributed by atoms with van der Waals surface area (Å²) in [6.45, 7) is 0.838. The smallest absolute Gasteiger partial charge is 0.123 e. The van der Waals surface area contributed by atoms with Crippen LogP contribution in [0.5, 0.6) is 5.75 Å². The van der Waals surface area contributed by atoms with Crippen molar-refractivity contribution in [1.29, 1.82) is 0 Å². The van der Waals surface area contributed by atoms with Crippen LogP contribution in [0.2, 0.25) is 0 Å². The molecule has 4 heteroatoms. The Hall–Kier alpha value is -0.0600. The third-order valence-electron chi connectivity index (χ3n) is 4.42.